The molecule has 1 heterocycles. The highest BCUT2D eigenvalue weighted by Gasteiger charge is 2.41. The monoisotopic (exact) mass is 418 g/mol. The van der Waals surface area contributed by atoms with Gasteiger partial charge in [-0.05, 0) is 55.8 Å². The van der Waals surface area contributed by atoms with Crippen molar-refractivity contribution in [2.75, 3.05) is 16.3 Å². The van der Waals surface area contributed by atoms with Crippen LogP contribution in [0.25, 0.3) is 0 Å². The zero-order chi connectivity index (χ0) is 18.1. The van der Waals surface area contributed by atoms with Crippen LogP contribution in [-0.2, 0) is 9.59 Å². The Morgan fingerprint density at radius 2 is 1.76 bits per heavy atom. The molecule has 0 aliphatic carbocycles. The van der Waals surface area contributed by atoms with Crippen molar-refractivity contribution in [2.45, 2.75) is 13.8 Å². The Morgan fingerprint density at radius 3 is 2.36 bits per heavy atom. The fourth-order valence-corrected chi connectivity index (χ4v) is 3.35. The third-order valence-electron chi connectivity index (χ3n) is 3.99. The molecule has 0 bridgehead atoms. The van der Waals surface area contributed by atoms with Crippen LogP contribution in [0.4, 0.5) is 11.4 Å². The van der Waals surface area contributed by atoms with Gasteiger partial charge in [-0.25, -0.2) is 4.90 Å². The number of halogens is 2. The molecule has 25 heavy (non-hydrogen) atoms. The molecular weight excluding hydrogens is 404 g/mol. The predicted molar refractivity (Wildman–Crippen MR) is 104 cm³/mol. The number of carbonyl (C=O) groups is 2. The summed E-state index contributed by atoms with van der Waals surface area (Å²) >= 11 is 9.63. The predicted octanol–water partition coefficient (Wildman–Crippen LogP) is 4.61. The van der Waals surface area contributed by atoms with Crippen LogP contribution in [0, 0.1) is 6.92 Å². The fourth-order valence-electron chi connectivity index (χ4n) is 2.82. The van der Waals surface area contributed by atoms with Crippen molar-refractivity contribution < 1.29 is 9.59 Å². The number of aryl methyl sites for hydroxylation is 1. The Kier molecular flexibility index (Phi) is 4.97. The molecule has 4 nitrogen and oxygen atoms in total. The SMILES string of the molecule is CCN(C1=C(Cl)C(=O)N(c2ccc(Br)cc2)C1=O)c1cccc(C)c1. The lowest BCUT2D eigenvalue weighted by Crippen LogP contribution is -2.35. The van der Waals surface area contributed by atoms with Crippen molar-refractivity contribution in [3.63, 3.8) is 0 Å². The molecule has 3 rings (SSSR count). The molecule has 1 aliphatic rings. The van der Waals surface area contributed by atoms with E-state index >= 15 is 0 Å². The van der Waals surface area contributed by atoms with E-state index in [0.29, 0.717) is 12.2 Å². The van der Waals surface area contributed by atoms with E-state index in [1.165, 1.54) is 0 Å². The minimum atomic E-state index is -0.505. The van der Waals surface area contributed by atoms with Crippen LogP contribution < -0.4 is 9.80 Å². The fraction of sp³-hybridized carbons (Fsp3) is 0.158. The number of likely N-dealkylation sites (N-methyl/N-ethyl adjacent to an activating group) is 1. The van der Waals surface area contributed by atoms with Gasteiger partial charge in [-0.15, -0.1) is 0 Å². The average molecular weight is 420 g/mol. The summed E-state index contributed by atoms with van der Waals surface area (Å²) in [4.78, 5) is 28.5. The van der Waals surface area contributed by atoms with Crippen molar-refractivity contribution in [3.8, 4) is 0 Å². The van der Waals surface area contributed by atoms with Crippen molar-refractivity contribution in [1.82, 2.24) is 0 Å². The Morgan fingerprint density at radius 1 is 1.08 bits per heavy atom. The maximum Gasteiger partial charge on any atom is 0.283 e. The van der Waals surface area contributed by atoms with Crippen LogP contribution in [0.15, 0.2) is 63.7 Å². The smallest absolute Gasteiger partial charge is 0.283 e. The summed E-state index contributed by atoms with van der Waals surface area (Å²) in [6.07, 6.45) is 0. The van der Waals surface area contributed by atoms with E-state index in [-0.39, 0.29) is 10.7 Å². The second kappa shape index (κ2) is 7.02. The lowest BCUT2D eigenvalue weighted by Gasteiger charge is -2.24. The van der Waals surface area contributed by atoms with Crippen LogP contribution in [0.2, 0.25) is 0 Å². The van der Waals surface area contributed by atoms with Crippen LogP contribution in [-0.4, -0.2) is 18.4 Å². The minimum absolute atomic E-state index is 0.0590. The van der Waals surface area contributed by atoms with E-state index in [9.17, 15) is 9.59 Å². The molecule has 0 spiro atoms. The van der Waals surface area contributed by atoms with Crippen molar-refractivity contribution in [1.29, 1.82) is 0 Å². The zero-order valence-electron chi connectivity index (χ0n) is 13.8. The maximum absolute atomic E-state index is 13.0. The standard InChI is InChI=1S/C19H16BrClN2O2/c1-3-22(15-6-4-5-12(2)11-15)17-16(21)18(24)23(19(17)25)14-9-7-13(20)8-10-14/h4-11H,3H2,1-2H3. The third kappa shape index (κ3) is 3.22. The molecule has 6 heteroatoms. The van der Waals surface area contributed by atoms with Gasteiger partial charge in [0.1, 0.15) is 10.7 Å². The molecule has 0 atom stereocenters. The highest BCUT2D eigenvalue weighted by atomic mass is 79.9. The summed E-state index contributed by atoms with van der Waals surface area (Å²) in [5.74, 6) is -0.921. The molecule has 0 unspecified atom stereocenters. The summed E-state index contributed by atoms with van der Waals surface area (Å²) in [6.45, 7) is 4.41. The van der Waals surface area contributed by atoms with Gasteiger partial charge in [0.05, 0.1) is 5.69 Å². The van der Waals surface area contributed by atoms with E-state index < -0.39 is 11.8 Å². The van der Waals surface area contributed by atoms with Gasteiger partial charge in [0.2, 0.25) is 0 Å². The molecule has 0 aromatic heterocycles. The summed E-state index contributed by atoms with van der Waals surface area (Å²) < 4.78 is 0.865. The van der Waals surface area contributed by atoms with Gasteiger partial charge >= 0.3 is 0 Å². The molecule has 2 aromatic rings. The van der Waals surface area contributed by atoms with Crippen molar-refractivity contribution in [3.05, 3.63) is 69.3 Å². The van der Waals surface area contributed by atoms with Gasteiger partial charge in [0.25, 0.3) is 11.8 Å². The molecule has 2 aromatic carbocycles. The number of hydrogen-bond acceptors (Lipinski definition) is 3. The highest BCUT2D eigenvalue weighted by Crippen LogP contribution is 2.34. The quantitative estimate of drug-likeness (QED) is 0.680. The Labute approximate surface area is 159 Å². The Bertz CT molecular complexity index is 877. The van der Waals surface area contributed by atoms with Crippen molar-refractivity contribution >= 4 is 50.7 Å². The first-order chi connectivity index (χ1) is 11.9. The number of nitrogens with zero attached hydrogens (tertiary/aromatic N) is 2. The number of anilines is 2. The lowest BCUT2D eigenvalue weighted by atomic mass is 10.2. The highest BCUT2D eigenvalue weighted by molar-refractivity contribution is 9.10. The third-order valence-corrected chi connectivity index (χ3v) is 4.86. The van der Waals surface area contributed by atoms with Gasteiger partial charge in [0, 0.05) is 16.7 Å². The van der Waals surface area contributed by atoms with Gasteiger partial charge in [-0.2, -0.15) is 0 Å². The molecule has 128 valence electrons. The van der Waals surface area contributed by atoms with Crippen LogP contribution in [0.3, 0.4) is 0 Å². The van der Waals surface area contributed by atoms with Crippen LogP contribution in [0.1, 0.15) is 12.5 Å². The largest absolute Gasteiger partial charge is 0.336 e. The number of amides is 2. The van der Waals surface area contributed by atoms with Gasteiger partial charge in [-0.3, -0.25) is 9.59 Å². The first-order valence-corrected chi connectivity index (χ1v) is 8.99. The van der Waals surface area contributed by atoms with Crippen LogP contribution >= 0.6 is 27.5 Å². The summed E-state index contributed by atoms with van der Waals surface area (Å²) in [6, 6.07) is 14.7. The molecular formula is C19H16BrClN2O2. The summed E-state index contributed by atoms with van der Waals surface area (Å²) in [5.41, 5.74) is 2.60. The Hall–Kier alpha value is -2.11. The lowest BCUT2D eigenvalue weighted by molar-refractivity contribution is -0.120. The number of hydrogen-bond donors (Lipinski definition) is 0. The number of imide groups is 1. The second-order valence-electron chi connectivity index (χ2n) is 5.67. The van der Waals surface area contributed by atoms with E-state index in [1.54, 1.807) is 29.2 Å². The molecule has 0 fully saturated rings. The first-order valence-electron chi connectivity index (χ1n) is 7.82. The first kappa shape index (κ1) is 17.7. The van der Waals surface area contributed by atoms with Crippen molar-refractivity contribution in [2.24, 2.45) is 0 Å². The zero-order valence-corrected chi connectivity index (χ0v) is 16.1. The molecule has 0 saturated carbocycles. The molecule has 0 radical (unpaired) electrons. The maximum atomic E-state index is 13.0. The van der Waals surface area contributed by atoms with Gasteiger partial charge in [0.15, 0.2) is 0 Å². The number of rotatable bonds is 4. The second-order valence-corrected chi connectivity index (χ2v) is 6.96. The summed E-state index contributed by atoms with van der Waals surface area (Å²) in [5, 5.41) is -0.0590. The molecule has 0 N–H and O–H groups in total. The van der Waals surface area contributed by atoms with E-state index in [0.717, 1.165) is 20.6 Å². The summed E-state index contributed by atoms with van der Waals surface area (Å²) in [7, 11) is 0. The van der Waals surface area contributed by atoms with Crippen LogP contribution in [0.5, 0.6) is 0 Å². The van der Waals surface area contributed by atoms with E-state index in [1.807, 2.05) is 38.1 Å². The minimum Gasteiger partial charge on any atom is -0.336 e. The molecule has 2 amide bonds. The Balaban J connectivity index is 2.02. The normalized spacial score (nSPS) is 14.5. The number of benzene rings is 2. The van der Waals surface area contributed by atoms with E-state index in [4.69, 9.17) is 11.6 Å². The van der Waals surface area contributed by atoms with E-state index in [2.05, 4.69) is 15.9 Å². The molecule has 0 saturated heterocycles. The topological polar surface area (TPSA) is 40.6 Å². The molecule has 1 aliphatic heterocycles. The van der Waals surface area contributed by atoms with Gasteiger partial charge in [-0.1, -0.05) is 39.7 Å². The average Bonchev–Trinajstić information content (AvgIpc) is 2.81. The van der Waals surface area contributed by atoms with Gasteiger partial charge < -0.3 is 4.90 Å². The number of carbonyl (C=O) groups excluding carboxylic acids is 2.